The van der Waals surface area contributed by atoms with E-state index in [-0.39, 0.29) is 17.5 Å². The van der Waals surface area contributed by atoms with Crippen LogP contribution in [0.4, 0.5) is 0 Å². The lowest BCUT2D eigenvalue weighted by Crippen LogP contribution is -2.26. The number of nitrogens with zero attached hydrogens (tertiary/aromatic N) is 1. The molecule has 1 aliphatic carbocycles. The molecule has 78 valence electrons. The van der Waals surface area contributed by atoms with Crippen molar-refractivity contribution < 1.29 is 9.59 Å². The van der Waals surface area contributed by atoms with Gasteiger partial charge in [-0.15, -0.1) is 0 Å². The monoisotopic (exact) mass is 195 g/mol. The summed E-state index contributed by atoms with van der Waals surface area (Å²) in [6.07, 6.45) is 6.46. The number of hydrogen-bond donors (Lipinski definition) is 0. The minimum Gasteiger partial charge on any atom is -0.383 e. The lowest BCUT2D eigenvalue weighted by molar-refractivity contribution is -0.131. The van der Waals surface area contributed by atoms with Crippen molar-refractivity contribution in [1.82, 2.24) is 4.90 Å². The maximum absolute atomic E-state index is 11.6. The molecule has 1 saturated carbocycles. The second-order valence-electron chi connectivity index (χ2n) is 3.95. The molecule has 0 N–H and O–H groups in total. The van der Waals surface area contributed by atoms with Gasteiger partial charge >= 0.3 is 0 Å². The smallest absolute Gasteiger partial charge is 0.167 e. The minimum atomic E-state index is -0.361. The van der Waals surface area contributed by atoms with E-state index in [9.17, 15) is 9.59 Å². The van der Waals surface area contributed by atoms with E-state index in [1.165, 1.54) is 6.08 Å². The Kier molecular flexibility index (Phi) is 3.86. The third-order valence-electron chi connectivity index (χ3n) is 2.44. The van der Waals surface area contributed by atoms with Crippen LogP contribution in [0.5, 0.6) is 0 Å². The van der Waals surface area contributed by atoms with Crippen molar-refractivity contribution in [3.05, 3.63) is 12.3 Å². The third kappa shape index (κ3) is 2.98. The lowest BCUT2D eigenvalue weighted by atomic mass is 9.85. The summed E-state index contributed by atoms with van der Waals surface area (Å²) in [4.78, 5) is 24.8. The van der Waals surface area contributed by atoms with E-state index in [0.29, 0.717) is 6.42 Å². The molecule has 0 saturated heterocycles. The van der Waals surface area contributed by atoms with Crippen molar-refractivity contribution >= 4 is 11.6 Å². The van der Waals surface area contributed by atoms with E-state index in [1.807, 2.05) is 14.1 Å². The van der Waals surface area contributed by atoms with Crippen molar-refractivity contribution in [2.24, 2.45) is 5.92 Å². The second-order valence-corrected chi connectivity index (χ2v) is 3.95. The first kappa shape index (κ1) is 11.0. The van der Waals surface area contributed by atoms with Crippen LogP contribution in [-0.4, -0.2) is 30.6 Å². The van der Waals surface area contributed by atoms with Gasteiger partial charge in [0.2, 0.25) is 0 Å². The van der Waals surface area contributed by atoms with Gasteiger partial charge in [-0.25, -0.2) is 0 Å². The van der Waals surface area contributed by atoms with Gasteiger partial charge in [0.25, 0.3) is 0 Å². The third-order valence-corrected chi connectivity index (χ3v) is 2.44. The van der Waals surface area contributed by atoms with Crippen LogP contribution in [-0.2, 0) is 9.59 Å². The van der Waals surface area contributed by atoms with Gasteiger partial charge in [-0.1, -0.05) is 6.42 Å². The highest BCUT2D eigenvalue weighted by atomic mass is 16.1. The standard InChI is InChI=1S/C11H17NO2/c1-12(2)8-7-11(14)9-5-3-4-6-10(9)13/h7-9H,3-6H2,1-2H3/b8-7+. The molecular formula is C11H17NO2. The van der Waals surface area contributed by atoms with Gasteiger partial charge in [-0.05, 0) is 18.9 Å². The molecule has 0 heterocycles. The average Bonchev–Trinajstić information content (AvgIpc) is 2.15. The predicted molar refractivity (Wildman–Crippen MR) is 54.8 cm³/mol. The number of hydrogen-bond acceptors (Lipinski definition) is 3. The summed E-state index contributed by atoms with van der Waals surface area (Å²) in [6.45, 7) is 0. The van der Waals surface area contributed by atoms with Crippen LogP contribution in [0.25, 0.3) is 0 Å². The molecule has 0 aromatic rings. The Morgan fingerprint density at radius 1 is 1.43 bits per heavy atom. The molecule has 0 amide bonds. The molecule has 0 aromatic heterocycles. The van der Waals surface area contributed by atoms with Crippen molar-refractivity contribution in [3.63, 3.8) is 0 Å². The van der Waals surface area contributed by atoms with Gasteiger partial charge in [0.05, 0.1) is 5.92 Å². The van der Waals surface area contributed by atoms with Crippen LogP contribution in [0, 0.1) is 5.92 Å². The second kappa shape index (κ2) is 4.94. The Bertz CT molecular complexity index is 256. The first-order valence-electron chi connectivity index (χ1n) is 5.02. The molecule has 1 aliphatic rings. The van der Waals surface area contributed by atoms with Crippen LogP contribution in [0.3, 0.4) is 0 Å². The van der Waals surface area contributed by atoms with Gasteiger partial charge in [0.15, 0.2) is 5.78 Å². The summed E-state index contributed by atoms with van der Waals surface area (Å²) in [7, 11) is 3.71. The molecule has 0 aromatic carbocycles. The zero-order chi connectivity index (χ0) is 10.6. The Labute approximate surface area is 84.8 Å². The molecule has 1 fully saturated rings. The van der Waals surface area contributed by atoms with Crippen LogP contribution < -0.4 is 0 Å². The molecule has 14 heavy (non-hydrogen) atoms. The van der Waals surface area contributed by atoms with Crippen LogP contribution >= 0.6 is 0 Å². The zero-order valence-electron chi connectivity index (χ0n) is 8.82. The molecule has 1 atom stereocenters. The van der Waals surface area contributed by atoms with Crippen molar-refractivity contribution in [1.29, 1.82) is 0 Å². The molecule has 3 heteroatoms. The highest BCUT2D eigenvalue weighted by molar-refractivity contribution is 6.07. The van der Waals surface area contributed by atoms with Gasteiger partial charge < -0.3 is 4.90 Å². The van der Waals surface area contributed by atoms with E-state index in [0.717, 1.165) is 19.3 Å². The van der Waals surface area contributed by atoms with E-state index in [4.69, 9.17) is 0 Å². The summed E-state index contributed by atoms with van der Waals surface area (Å²) >= 11 is 0. The van der Waals surface area contributed by atoms with Crippen LogP contribution in [0.2, 0.25) is 0 Å². The van der Waals surface area contributed by atoms with E-state index >= 15 is 0 Å². The summed E-state index contributed by atoms with van der Waals surface area (Å²) in [5, 5.41) is 0. The van der Waals surface area contributed by atoms with E-state index < -0.39 is 0 Å². The highest BCUT2D eigenvalue weighted by Crippen LogP contribution is 2.21. The zero-order valence-corrected chi connectivity index (χ0v) is 8.82. The summed E-state index contributed by atoms with van der Waals surface area (Å²) < 4.78 is 0. The van der Waals surface area contributed by atoms with Crippen LogP contribution in [0.1, 0.15) is 25.7 Å². The number of ketones is 2. The van der Waals surface area contributed by atoms with Crippen molar-refractivity contribution in [2.45, 2.75) is 25.7 Å². The lowest BCUT2D eigenvalue weighted by Gasteiger charge is -2.17. The topological polar surface area (TPSA) is 37.4 Å². The van der Waals surface area contributed by atoms with E-state index in [1.54, 1.807) is 11.1 Å². The van der Waals surface area contributed by atoms with Gasteiger partial charge in [-0.2, -0.15) is 0 Å². The first-order chi connectivity index (χ1) is 6.61. The van der Waals surface area contributed by atoms with Gasteiger partial charge in [-0.3, -0.25) is 9.59 Å². The Balaban J connectivity index is 2.54. The number of carbonyl (C=O) groups excluding carboxylic acids is 2. The molecule has 1 unspecified atom stereocenters. The number of Topliss-reactive ketones (excluding diaryl/α,β-unsaturated/α-hetero) is 1. The number of allylic oxidation sites excluding steroid dienone is 1. The fourth-order valence-corrected chi connectivity index (χ4v) is 1.62. The maximum atomic E-state index is 11.6. The van der Waals surface area contributed by atoms with Crippen LogP contribution in [0.15, 0.2) is 12.3 Å². The maximum Gasteiger partial charge on any atom is 0.167 e. The summed E-state index contributed by atoms with van der Waals surface area (Å²) in [5.41, 5.74) is 0. The molecule has 0 radical (unpaired) electrons. The minimum absolute atomic E-state index is 0.0385. The number of carbonyl (C=O) groups is 2. The summed E-state index contributed by atoms with van der Waals surface area (Å²) in [6, 6.07) is 0. The molecule has 1 rings (SSSR count). The van der Waals surface area contributed by atoms with Gasteiger partial charge in [0, 0.05) is 26.7 Å². The Morgan fingerprint density at radius 2 is 2.14 bits per heavy atom. The highest BCUT2D eigenvalue weighted by Gasteiger charge is 2.26. The fourth-order valence-electron chi connectivity index (χ4n) is 1.62. The number of rotatable bonds is 3. The molecular weight excluding hydrogens is 178 g/mol. The average molecular weight is 195 g/mol. The SMILES string of the molecule is CN(C)/C=C/C(=O)C1CCCCC1=O. The normalized spacial score (nSPS) is 22.7. The fraction of sp³-hybridized carbons (Fsp3) is 0.636. The molecule has 3 nitrogen and oxygen atoms in total. The summed E-state index contributed by atoms with van der Waals surface area (Å²) in [5.74, 6) is -0.284. The Morgan fingerprint density at radius 3 is 2.71 bits per heavy atom. The first-order valence-corrected chi connectivity index (χ1v) is 5.02. The van der Waals surface area contributed by atoms with Crippen molar-refractivity contribution in [2.75, 3.05) is 14.1 Å². The molecule has 0 aliphatic heterocycles. The van der Waals surface area contributed by atoms with Gasteiger partial charge in [0.1, 0.15) is 5.78 Å². The predicted octanol–water partition coefficient (Wildman–Crippen LogP) is 1.39. The molecule has 0 spiro atoms. The quantitative estimate of drug-likeness (QED) is 0.504. The molecule has 0 bridgehead atoms. The van der Waals surface area contributed by atoms with Crippen molar-refractivity contribution in [3.8, 4) is 0 Å². The van der Waals surface area contributed by atoms with E-state index in [2.05, 4.69) is 0 Å². The Hall–Kier alpha value is -1.12. The largest absolute Gasteiger partial charge is 0.383 e.